The van der Waals surface area contributed by atoms with Gasteiger partial charge in [-0.05, 0) is 24.5 Å². The number of pyridine rings is 1. The van der Waals surface area contributed by atoms with Gasteiger partial charge in [-0.25, -0.2) is 4.98 Å². The lowest BCUT2D eigenvalue weighted by Crippen LogP contribution is -2.48. The van der Waals surface area contributed by atoms with Gasteiger partial charge in [-0.2, -0.15) is 5.26 Å². The smallest absolute Gasteiger partial charge is 0.169 e. The van der Waals surface area contributed by atoms with Crippen molar-refractivity contribution in [2.45, 2.75) is 6.42 Å². The molecule has 0 saturated carbocycles. The molecule has 0 bridgehead atoms. The third kappa shape index (κ3) is 2.78. The molecule has 0 unspecified atom stereocenters. The van der Waals surface area contributed by atoms with Crippen LogP contribution in [0, 0.1) is 17.2 Å². The third-order valence-corrected chi connectivity index (χ3v) is 4.83. The second kappa shape index (κ2) is 6.19. The molecule has 0 spiro atoms. The van der Waals surface area contributed by atoms with E-state index in [1.54, 1.807) is 0 Å². The fourth-order valence-electron chi connectivity index (χ4n) is 3.54. The van der Waals surface area contributed by atoms with Crippen LogP contribution in [0.2, 0.25) is 0 Å². The second-order valence-electron chi connectivity index (χ2n) is 6.34. The maximum atomic E-state index is 9.52. The minimum Gasteiger partial charge on any atom is -0.381 e. The molecule has 4 rings (SSSR count). The maximum Gasteiger partial charge on any atom is 0.169 e. The highest BCUT2D eigenvalue weighted by Gasteiger charge is 2.25. The normalized spacial score (nSPS) is 22.6. The number of hydrogen-bond donors (Lipinski definition) is 0. The van der Waals surface area contributed by atoms with Gasteiger partial charge in [0.1, 0.15) is 11.7 Å². The van der Waals surface area contributed by atoms with Crippen LogP contribution in [0.1, 0.15) is 12.1 Å². The Kier molecular flexibility index (Phi) is 3.90. The van der Waals surface area contributed by atoms with E-state index in [1.807, 2.05) is 28.8 Å². The van der Waals surface area contributed by atoms with E-state index in [1.165, 1.54) is 6.42 Å². The lowest BCUT2D eigenvalue weighted by atomic mass is 10.1. The zero-order chi connectivity index (χ0) is 15.6. The van der Waals surface area contributed by atoms with Crippen LogP contribution in [0.15, 0.2) is 24.4 Å². The van der Waals surface area contributed by atoms with E-state index in [0.717, 1.165) is 57.4 Å². The summed E-state index contributed by atoms with van der Waals surface area (Å²) in [5, 5.41) is 9.52. The summed E-state index contributed by atoms with van der Waals surface area (Å²) in [7, 11) is 0. The molecule has 2 saturated heterocycles. The molecule has 0 radical (unpaired) electrons. The lowest BCUT2D eigenvalue weighted by Gasteiger charge is -2.36. The van der Waals surface area contributed by atoms with E-state index in [4.69, 9.17) is 4.74 Å². The zero-order valence-electron chi connectivity index (χ0n) is 13.2. The van der Waals surface area contributed by atoms with Crippen LogP contribution in [0.25, 0.3) is 5.65 Å². The van der Waals surface area contributed by atoms with Gasteiger partial charge in [-0.15, -0.1) is 0 Å². The Morgan fingerprint density at radius 3 is 2.87 bits per heavy atom. The minimum atomic E-state index is 0.637. The molecule has 2 aliphatic heterocycles. The molecule has 4 heterocycles. The van der Waals surface area contributed by atoms with Crippen molar-refractivity contribution in [2.75, 3.05) is 50.8 Å². The second-order valence-corrected chi connectivity index (χ2v) is 6.34. The number of ether oxygens (including phenoxy) is 1. The number of nitriles is 1. The van der Waals surface area contributed by atoms with Crippen molar-refractivity contribution in [1.82, 2.24) is 14.3 Å². The Balaban J connectivity index is 1.47. The number of piperazine rings is 1. The molecule has 23 heavy (non-hydrogen) atoms. The van der Waals surface area contributed by atoms with Gasteiger partial charge in [-0.1, -0.05) is 6.07 Å². The number of rotatable bonds is 3. The number of nitrogens with zero attached hydrogens (tertiary/aromatic N) is 5. The molecule has 6 nitrogen and oxygen atoms in total. The molecule has 2 fully saturated rings. The SMILES string of the molecule is N#Cc1c(N2CCN(C[C@@H]3CCOC3)CC2)nc2ccccn12. The van der Waals surface area contributed by atoms with Crippen LogP contribution in [0.4, 0.5) is 5.82 Å². The number of hydrogen-bond acceptors (Lipinski definition) is 5. The van der Waals surface area contributed by atoms with Crippen molar-refractivity contribution >= 4 is 11.5 Å². The monoisotopic (exact) mass is 311 g/mol. The van der Waals surface area contributed by atoms with E-state index in [0.29, 0.717) is 11.6 Å². The highest BCUT2D eigenvalue weighted by Crippen LogP contribution is 2.23. The fourth-order valence-corrected chi connectivity index (χ4v) is 3.54. The van der Waals surface area contributed by atoms with Crippen LogP contribution in [-0.4, -0.2) is 60.2 Å². The van der Waals surface area contributed by atoms with Gasteiger partial charge in [-0.3, -0.25) is 9.30 Å². The molecule has 1 atom stereocenters. The van der Waals surface area contributed by atoms with Crippen molar-refractivity contribution in [3.63, 3.8) is 0 Å². The summed E-state index contributed by atoms with van der Waals surface area (Å²) in [4.78, 5) is 9.42. The predicted octanol–water partition coefficient (Wildman–Crippen LogP) is 1.36. The van der Waals surface area contributed by atoms with Gasteiger partial charge in [0, 0.05) is 45.5 Å². The summed E-state index contributed by atoms with van der Waals surface area (Å²) >= 11 is 0. The van der Waals surface area contributed by atoms with E-state index in [2.05, 4.69) is 20.9 Å². The Morgan fingerprint density at radius 1 is 1.26 bits per heavy atom. The van der Waals surface area contributed by atoms with Crippen molar-refractivity contribution < 1.29 is 4.74 Å². The van der Waals surface area contributed by atoms with Crippen molar-refractivity contribution in [3.8, 4) is 6.07 Å². The summed E-state index contributed by atoms with van der Waals surface area (Å²) in [6.45, 7) is 6.84. The molecular formula is C17H21N5O. The van der Waals surface area contributed by atoms with Crippen molar-refractivity contribution in [3.05, 3.63) is 30.1 Å². The quantitative estimate of drug-likeness (QED) is 0.857. The van der Waals surface area contributed by atoms with E-state index < -0.39 is 0 Å². The first-order valence-corrected chi connectivity index (χ1v) is 8.27. The Hall–Kier alpha value is -2.10. The Morgan fingerprint density at radius 2 is 2.13 bits per heavy atom. The van der Waals surface area contributed by atoms with Crippen molar-refractivity contribution in [2.24, 2.45) is 5.92 Å². The van der Waals surface area contributed by atoms with Gasteiger partial charge in [0.25, 0.3) is 0 Å². The first-order valence-electron chi connectivity index (χ1n) is 8.27. The molecule has 2 aliphatic rings. The van der Waals surface area contributed by atoms with Crippen LogP contribution >= 0.6 is 0 Å². The minimum absolute atomic E-state index is 0.637. The van der Waals surface area contributed by atoms with E-state index in [9.17, 15) is 5.26 Å². The summed E-state index contributed by atoms with van der Waals surface area (Å²) in [6.07, 6.45) is 3.09. The number of aromatic nitrogens is 2. The Bertz CT molecular complexity index is 720. The molecule has 0 aromatic carbocycles. The topological polar surface area (TPSA) is 56.8 Å². The number of anilines is 1. The lowest BCUT2D eigenvalue weighted by molar-refractivity contribution is 0.164. The summed E-state index contributed by atoms with van der Waals surface area (Å²) in [5.74, 6) is 1.51. The molecule has 2 aromatic rings. The van der Waals surface area contributed by atoms with Gasteiger partial charge in [0.2, 0.25) is 0 Å². The molecule has 6 heteroatoms. The average Bonchev–Trinajstić information content (AvgIpc) is 3.22. The van der Waals surface area contributed by atoms with Crippen molar-refractivity contribution in [1.29, 1.82) is 5.26 Å². The fraction of sp³-hybridized carbons (Fsp3) is 0.529. The molecule has 0 aliphatic carbocycles. The van der Waals surface area contributed by atoms with Gasteiger partial charge in [0.15, 0.2) is 11.5 Å². The van der Waals surface area contributed by atoms with E-state index >= 15 is 0 Å². The molecule has 0 amide bonds. The maximum absolute atomic E-state index is 9.52. The van der Waals surface area contributed by atoms with Crippen LogP contribution in [-0.2, 0) is 4.74 Å². The van der Waals surface area contributed by atoms with Gasteiger partial charge in [0.05, 0.1) is 6.61 Å². The third-order valence-electron chi connectivity index (χ3n) is 4.83. The van der Waals surface area contributed by atoms with Crippen LogP contribution in [0.3, 0.4) is 0 Å². The average molecular weight is 311 g/mol. The summed E-state index contributed by atoms with van der Waals surface area (Å²) < 4.78 is 7.34. The largest absolute Gasteiger partial charge is 0.381 e. The van der Waals surface area contributed by atoms with Gasteiger partial charge < -0.3 is 9.64 Å². The number of fused-ring (bicyclic) bond motifs is 1. The number of imidazole rings is 1. The Labute approximate surface area is 135 Å². The predicted molar refractivity (Wildman–Crippen MR) is 87.5 cm³/mol. The highest BCUT2D eigenvalue weighted by atomic mass is 16.5. The summed E-state index contributed by atoms with van der Waals surface area (Å²) in [6, 6.07) is 8.14. The first-order chi connectivity index (χ1) is 11.3. The highest BCUT2D eigenvalue weighted by molar-refractivity contribution is 5.60. The molecular weight excluding hydrogens is 290 g/mol. The van der Waals surface area contributed by atoms with Crippen LogP contribution in [0.5, 0.6) is 0 Å². The molecule has 0 N–H and O–H groups in total. The first kappa shape index (κ1) is 14.5. The zero-order valence-corrected chi connectivity index (χ0v) is 13.2. The van der Waals surface area contributed by atoms with Gasteiger partial charge >= 0.3 is 0 Å². The standard InChI is InChI=1S/C17H21N5O/c18-11-15-17(19-16-3-1-2-5-22(15)16)21-8-6-20(7-9-21)12-14-4-10-23-13-14/h1-3,5,14H,4,6-10,12-13H2/t14-/m0/s1. The van der Waals surface area contributed by atoms with E-state index in [-0.39, 0.29) is 0 Å². The summed E-state index contributed by atoms with van der Waals surface area (Å²) in [5.41, 5.74) is 1.47. The molecule has 2 aromatic heterocycles. The molecule has 120 valence electrons. The van der Waals surface area contributed by atoms with Crippen LogP contribution < -0.4 is 4.90 Å².